The van der Waals surface area contributed by atoms with Crippen molar-refractivity contribution in [3.05, 3.63) is 46.3 Å². The Morgan fingerprint density at radius 1 is 1.53 bits per heavy atom. The molecule has 8 heteroatoms. The number of carbonyl (C=O) groups is 1. The zero-order valence-corrected chi connectivity index (χ0v) is 9.81. The fourth-order valence-electron chi connectivity index (χ4n) is 1.47. The number of hydrogen-bond acceptors (Lipinski definition) is 5. The monoisotopic (exact) mass is 263 g/mol. The lowest BCUT2D eigenvalue weighted by molar-refractivity contribution is -0.384. The fraction of sp³-hybridized carbons (Fsp3) is 0.0909. The fourth-order valence-corrected chi connectivity index (χ4v) is 1.47. The van der Waals surface area contributed by atoms with Crippen molar-refractivity contribution in [3.63, 3.8) is 0 Å². The first-order valence-electron chi connectivity index (χ1n) is 5.15. The van der Waals surface area contributed by atoms with Gasteiger partial charge in [0.25, 0.3) is 5.69 Å². The van der Waals surface area contributed by atoms with Crippen molar-refractivity contribution in [1.82, 2.24) is 9.78 Å². The van der Waals surface area contributed by atoms with Gasteiger partial charge < -0.3 is 9.84 Å². The van der Waals surface area contributed by atoms with Gasteiger partial charge in [-0.1, -0.05) is 0 Å². The van der Waals surface area contributed by atoms with Gasteiger partial charge in [0, 0.05) is 19.2 Å². The molecule has 0 fully saturated rings. The average molecular weight is 263 g/mol. The van der Waals surface area contributed by atoms with Crippen molar-refractivity contribution in [2.75, 3.05) is 0 Å². The molecule has 8 nitrogen and oxygen atoms in total. The van der Waals surface area contributed by atoms with Crippen LogP contribution in [0.25, 0.3) is 0 Å². The highest BCUT2D eigenvalue weighted by Gasteiger charge is 2.17. The van der Waals surface area contributed by atoms with Crippen LogP contribution in [-0.4, -0.2) is 25.8 Å². The molecule has 0 aliphatic heterocycles. The van der Waals surface area contributed by atoms with Gasteiger partial charge in [-0.15, -0.1) is 0 Å². The largest absolute Gasteiger partial charge is 0.478 e. The molecule has 0 saturated heterocycles. The summed E-state index contributed by atoms with van der Waals surface area (Å²) in [5.41, 5.74) is -0.589. The second-order valence-corrected chi connectivity index (χ2v) is 3.69. The summed E-state index contributed by atoms with van der Waals surface area (Å²) in [7, 11) is 1.68. The number of carboxylic acids is 1. The third kappa shape index (κ3) is 2.68. The number of rotatable bonds is 4. The predicted octanol–water partition coefficient (Wildman–Crippen LogP) is 1.82. The molecule has 0 aliphatic rings. The Labute approximate surface area is 107 Å². The molecule has 0 saturated carbocycles. The molecule has 98 valence electrons. The summed E-state index contributed by atoms with van der Waals surface area (Å²) in [6.07, 6.45) is 2.96. The van der Waals surface area contributed by atoms with Gasteiger partial charge in [-0.2, -0.15) is 5.10 Å². The summed E-state index contributed by atoms with van der Waals surface area (Å²) in [5, 5.41) is 23.5. The molecule has 1 N–H and O–H groups in total. The number of nitro groups is 1. The summed E-state index contributed by atoms with van der Waals surface area (Å²) in [5.74, 6) is -0.937. The smallest absolute Gasteiger partial charge is 0.339 e. The van der Waals surface area contributed by atoms with E-state index in [1.54, 1.807) is 13.2 Å². The Kier molecular flexibility index (Phi) is 3.15. The number of aryl methyl sites for hydroxylation is 1. The molecule has 0 radical (unpaired) electrons. The second kappa shape index (κ2) is 4.77. The summed E-state index contributed by atoms with van der Waals surface area (Å²) in [6, 6.07) is 3.38. The topological polar surface area (TPSA) is 107 Å². The van der Waals surface area contributed by atoms with Gasteiger partial charge in [0.1, 0.15) is 11.3 Å². The van der Waals surface area contributed by atoms with Crippen LogP contribution < -0.4 is 4.74 Å². The molecule has 0 spiro atoms. The molecule has 0 amide bonds. The van der Waals surface area contributed by atoms with Crippen LogP contribution in [0.5, 0.6) is 11.5 Å². The molecular weight excluding hydrogens is 254 g/mol. The van der Waals surface area contributed by atoms with E-state index in [-0.39, 0.29) is 17.0 Å². The number of aromatic nitrogens is 2. The van der Waals surface area contributed by atoms with Crippen LogP contribution in [0.1, 0.15) is 10.4 Å². The molecule has 0 bridgehead atoms. The zero-order valence-electron chi connectivity index (χ0n) is 9.81. The van der Waals surface area contributed by atoms with E-state index >= 15 is 0 Å². The van der Waals surface area contributed by atoms with Crippen LogP contribution in [0.2, 0.25) is 0 Å². The van der Waals surface area contributed by atoms with E-state index in [9.17, 15) is 14.9 Å². The third-order valence-corrected chi connectivity index (χ3v) is 2.31. The molecule has 0 unspecified atom stereocenters. The highest BCUT2D eigenvalue weighted by atomic mass is 16.6. The average Bonchev–Trinajstić information content (AvgIpc) is 2.74. The summed E-state index contributed by atoms with van der Waals surface area (Å²) in [6.45, 7) is 0. The number of nitrogens with zero attached hydrogens (tertiary/aromatic N) is 3. The highest BCUT2D eigenvalue weighted by molar-refractivity contribution is 5.91. The van der Waals surface area contributed by atoms with Gasteiger partial charge in [0.15, 0.2) is 5.75 Å². The molecule has 0 aliphatic carbocycles. The van der Waals surface area contributed by atoms with Crippen molar-refractivity contribution in [2.24, 2.45) is 7.05 Å². The first kappa shape index (κ1) is 12.6. The van der Waals surface area contributed by atoms with Gasteiger partial charge in [-0.3, -0.25) is 14.8 Å². The number of nitro benzene ring substituents is 1. The predicted molar refractivity (Wildman–Crippen MR) is 63.3 cm³/mol. The van der Waals surface area contributed by atoms with E-state index in [0.717, 1.165) is 6.07 Å². The van der Waals surface area contributed by atoms with Crippen LogP contribution >= 0.6 is 0 Å². The van der Waals surface area contributed by atoms with Crippen molar-refractivity contribution in [3.8, 4) is 11.5 Å². The van der Waals surface area contributed by atoms with E-state index in [4.69, 9.17) is 9.84 Å². The standard InChI is InChI=1S/C11H9N3O5/c1-13-6-8(5-12-13)19-10-3-2-7(14(17)18)4-9(10)11(15)16/h2-6H,1H3,(H,15,16). The Bertz CT molecular complexity index is 650. The molecule has 1 heterocycles. The minimum atomic E-state index is -1.30. The van der Waals surface area contributed by atoms with E-state index in [2.05, 4.69) is 5.10 Å². The highest BCUT2D eigenvalue weighted by Crippen LogP contribution is 2.28. The molecular formula is C11H9N3O5. The Morgan fingerprint density at radius 2 is 2.26 bits per heavy atom. The van der Waals surface area contributed by atoms with Crippen LogP contribution in [0, 0.1) is 10.1 Å². The van der Waals surface area contributed by atoms with Crippen molar-refractivity contribution in [2.45, 2.75) is 0 Å². The van der Waals surface area contributed by atoms with E-state index in [1.807, 2.05) is 0 Å². The van der Waals surface area contributed by atoms with Gasteiger partial charge in [0.2, 0.25) is 0 Å². The number of hydrogen-bond donors (Lipinski definition) is 1. The Balaban J connectivity index is 2.39. The quantitative estimate of drug-likeness (QED) is 0.665. The lowest BCUT2D eigenvalue weighted by Crippen LogP contribution is -2.01. The summed E-state index contributed by atoms with van der Waals surface area (Å²) in [4.78, 5) is 21.0. The number of benzene rings is 1. The molecule has 1 aromatic heterocycles. The maximum absolute atomic E-state index is 11.1. The molecule has 0 atom stereocenters. The lowest BCUT2D eigenvalue weighted by atomic mass is 10.2. The molecule has 19 heavy (non-hydrogen) atoms. The first-order valence-corrected chi connectivity index (χ1v) is 5.15. The maximum Gasteiger partial charge on any atom is 0.339 e. The molecule has 1 aromatic carbocycles. The number of non-ortho nitro benzene ring substituents is 1. The number of aromatic carboxylic acids is 1. The van der Waals surface area contributed by atoms with Crippen LogP contribution in [0.4, 0.5) is 5.69 Å². The van der Waals surface area contributed by atoms with Gasteiger partial charge in [-0.25, -0.2) is 4.79 Å². The minimum Gasteiger partial charge on any atom is -0.478 e. The zero-order chi connectivity index (χ0) is 14.0. The normalized spacial score (nSPS) is 10.2. The van der Waals surface area contributed by atoms with Crippen LogP contribution in [0.3, 0.4) is 0 Å². The minimum absolute atomic E-state index is 0.0195. The first-order chi connectivity index (χ1) is 8.97. The SMILES string of the molecule is Cn1cc(Oc2ccc([N+](=O)[O-])cc2C(=O)O)cn1. The van der Waals surface area contributed by atoms with Gasteiger partial charge >= 0.3 is 5.97 Å². The second-order valence-electron chi connectivity index (χ2n) is 3.69. The van der Waals surface area contributed by atoms with E-state index in [1.165, 1.54) is 23.0 Å². The van der Waals surface area contributed by atoms with Crippen LogP contribution in [-0.2, 0) is 7.05 Å². The van der Waals surface area contributed by atoms with Gasteiger partial charge in [-0.05, 0) is 6.07 Å². The van der Waals surface area contributed by atoms with Crippen molar-refractivity contribution in [1.29, 1.82) is 0 Å². The summed E-state index contributed by atoms with van der Waals surface area (Å²) >= 11 is 0. The lowest BCUT2D eigenvalue weighted by Gasteiger charge is -2.06. The van der Waals surface area contributed by atoms with Crippen molar-refractivity contribution >= 4 is 11.7 Å². The Morgan fingerprint density at radius 3 is 2.79 bits per heavy atom. The van der Waals surface area contributed by atoms with Crippen molar-refractivity contribution < 1.29 is 19.6 Å². The summed E-state index contributed by atoms with van der Waals surface area (Å²) < 4.78 is 6.83. The van der Waals surface area contributed by atoms with E-state index < -0.39 is 10.9 Å². The van der Waals surface area contributed by atoms with Crippen LogP contribution in [0.15, 0.2) is 30.6 Å². The van der Waals surface area contributed by atoms with Gasteiger partial charge in [0.05, 0.1) is 17.3 Å². The van der Waals surface area contributed by atoms with E-state index in [0.29, 0.717) is 5.75 Å². The number of ether oxygens (including phenoxy) is 1. The third-order valence-electron chi connectivity index (χ3n) is 2.31. The maximum atomic E-state index is 11.1. The molecule has 2 rings (SSSR count). The molecule has 2 aromatic rings. The number of carboxylic acid groups (broad SMARTS) is 1. The Hall–Kier alpha value is -2.90.